The van der Waals surface area contributed by atoms with E-state index >= 15 is 0 Å². The number of nitrogens with zero attached hydrogens (tertiary/aromatic N) is 3. The third-order valence-electron chi connectivity index (χ3n) is 3.45. The van der Waals surface area contributed by atoms with Crippen molar-refractivity contribution in [3.63, 3.8) is 0 Å². The Kier molecular flexibility index (Phi) is 3.18. The summed E-state index contributed by atoms with van der Waals surface area (Å²) in [6.07, 6.45) is 1.98. The van der Waals surface area contributed by atoms with Crippen molar-refractivity contribution < 1.29 is 4.39 Å². The molecule has 4 nitrogen and oxygen atoms in total. The molecule has 0 aliphatic carbocycles. The molecule has 6 heteroatoms. The highest BCUT2D eigenvalue weighted by atomic mass is 35.5. The van der Waals surface area contributed by atoms with Crippen molar-refractivity contribution in [3.05, 3.63) is 23.5 Å². The Morgan fingerprint density at radius 2 is 2.39 bits per heavy atom. The highest BCUT2D eigenvalue weighted by molar-refractivity contribution is 6.29. The van der Waals surface area contributed by atoms with E-state index in [1.54, 1.807) is 6.07 Å². The van der Waals surface area contributed by atoms with Gasteiger partial charge in [-0.3, -0.25) is 0 Å². The molecule has 1 saturated heterocycles. The normalized spacial score (nSPS) is 24.6. The molecule has 2 aromatic heterocycles. The second-order valence-electron chi connectivity index (χ2n) is 4.68. The lowest BCUT2D eigenvalue weighted by Crippen LogP contribution is -2.39. The minimum absolute atomic E-state index is 0.0410. The van der Waals surface area contributed by atoms with Crippen LogP contribution in [0.25, 0.3) is 11.0 Å². The molecular weight excluding hydrogens is 255 g/mol. The number of hydrogen-bond donors (Lipinski definition) is 1. The molecule has 2 atom stereocenters. The number of halogens is 2. The zero-order chi connectivity index (χ0) is 12.5. The minimum atomic E-state index is -0.795. The molecule has 0 aromatic carbocycles. The quantitative estimate of drug-likeness (QED) is 0.906. The van der Waals surface area contributed by atoms with Crippen LogP contribution in [0.15, 0.2) is 18.3 Å². The van der Waals surface area contributed by atoms with Gasteiger partial charge in [0.2, 0.25) is 0 Å². The fourth-order valence-electron chi connectivity index (χ4n) is 2.44. The van der Waals surface area contributed by atoms with Crippen LogP contribution in [0.4, 0.5) is 4.39 Å². The molecule has 18 heavy (non-hydrogen) atoms. The third kappa shape index (κ3) is 2.20. The Balaban J connectivity index is 1.86. The zero-order valence-corrected chi connectivity index (χ0v) is 10.6. The molecule has 0 amide bonds. The lowest BCUT2D eigenvalue weighted by Gasteiger charge is -2.27. The van der Waals surface area contributed by atoms with Gasteiger partial charge in [0.15, 0.2) is 10.8 Å². The molecule has 0 saturated carbocycles. The van der Waals surface area contributed by atoms with E-state index in [2.05, 4.69) is 15.5 Å². The highest BCUT2D eigenvalue weighted by Gasteiger charge is 2.25. The number of nitrogens with one attached hydrogen (secondary N) is 1. The summed E-state index contributed by atoms with van der Waals surface area (Å²) < 4.78 is 15.7. The highest BCUT2D eigenvalue weighted by Crippen LogP contribution is 2.22. The van der Waals surface area contributed by atoms with Crippen LogP contribution < -0.4 is 5.32 Å². The standard InChI is InChI=1S/C12H14ClFN4/c13-11-5-8-2-4-18(12(8)17-16-11)7-9-1-3-15-6-10(9)14/h2,4-5,9-10,15H,1,3,6-7H2/t9-,10-/m1/s1. The Hall–Kier alpha value is -1.20. The average Bonchev–Trinajstić information content (AvgIpc) is 2.74. The molecule has 1 N–H and O–H groups in total. The third-order valence-corrected chi connectivity index (χ3v) is 3.64. The summed E-state index contributed by atoms with van der Waals surface area (Å²) in [5.74, 6) is 0.0410. The lowest BCUT2D eigenvalue weighted by molar-refractivity contribution is 0.164. The van der Waals surface area contributed by atoms with Crippen LogP contribution in [0.2, 0.25) is 5.15 Å². The topological polar surface area (TPSA) is 42.7 Å². The molecule has 0 bridgehead atoms. The maximum Gasteiger partial charge on any atom is 0.162 e. The maximum absolute atomic E-state index is 13.8. The van der Waals surface area contributed by atoms with Crippen LogP contribution in [-0.2, 0) is 6.54 Å². The molecule has 0 unspecified atom stereocenters. The van der Waals surface area contributed by atoms with Gasteiger partial charge in [0, 0.05) is 30.6 Å². The first-order valence-electron chi connectivity index (χ1n) is 6.07. The van der Waals surface area contributed by atoms with Gasteiger partial charge in [-0.1, -0.05) is 11.6 Å². The van der Waals surface area contributed by atoms with Crippen molar-refractivity contribution in [2.24, 2.45) is 5.92 Å². The van der Waals surface area contributed by atoms with Gasteiger partial charge in [-0.25, -0.2) is 4.39 Å². The first-order valence-corrected chi connectivity index (χ1v) is 6.44. The van der Waals surface area contributed by atoms with E-state index in [4.69, 9.17) is 11.6 Å². The average molecular weight is 269 g/mol. The summed E-state index contributed by atoms with van der Waals surface area (Å²) in [7, 11) is 0. The molecule has 0 spiro atoms. The van der Waals surface area contributed by atoms with Gasteiger partial charge in [-0.2, -0.15) is 0 Å². The second-order valence-corrected chi connectivity index (χ2v) is 5.07. The van der Waals surface area contributed by atoms with Crippen molar-refractivity contribution >= 4 is 22.6 Å². The van der Waals surface area contributed by atoms with Gasteiger partial charge in [0.05, 0.1) is 0 Å². The molecule has 1 aliphatic rings. The summed E-state index contributed by atoms with van der Waals surface area (Å²) >= 11 is 5.79. The van der Waals surface area contributed by atoms with E-state index < -0.39 is 6.17 Å². The van der Waals surface area contributed by atoms with E-state index in [1.807, 2.05) is 16.8 Å². The van der Waals surface area contributed by atoms with E-state index in [-0.39, 0.29) is 5.92 Å². The number of rotatable bonds is 2. The summed E-state index contributed by atoms with van der Waals surface area (Å²) in [4.78, 5) is 0. The van der Waals surface area contributed by atoms with Gasteiger partial charge in [-0.05, 0) is 25.1 Å². The van der Waals surface area contributed by atoms with Crippen LogP contribution in [0.1, 0.15) is 6.42 Å². The monoisotopic (exact) mass is 268 g/mol. The van der Waals surface area contributed by atoms with Crippen molar-refractivity contribution in [1.29, 1.82) is 0 Å². The van der Waals surface area contributed by atoms with Crippen LogP contribution >= 0.6 is 11.6 Å². The molecule has 96 valence electrons. The lowest BCUT2D eigenvalue weighted by atomic mass is 9.96. The molecule has 3 heterocycles. The van der Waals surface area contributed by atoms with Crippen molar-refractivity contribution in [3.8, 4) is 0 Å². The summed E-state index contributed by atoms with van der Waals surface area (Å²) in [6, 6.07) is 3.71. The van der Waals surface area contributed by atoms with E-state index in [9.17, 15) is 4.39 Å². The number of hydrogen-bond acceptors (Lipinski definition) is 3. The fraction of sp³-hybridized carbons (Fsp3) is 0.500. The predicted molar refractivity (Wildman–Crippen MR) is 68.4 cm³/mol. The summed E-state index contributed by atoms with van der Waals surface area (Å²) in [5.41, 5.74) is 0.769. The fourth-order valence-corrected chi connectivity index (χ4v) is 2.60. The molecule has 1 aliphatic heterocycles. The van der Waals surface area contributed by atoms with Crippen LogP contribution in [0.5, 0.6) is 0 Å². The molecule has 3 rings (SSSR count). The molecule has 0 radical (unpaired) electrons. The van der Waals surface area contributed by atoms with E-state index in [0.29, 0.717) is 18.2 Å². The Bertz CT molecular complexity index is 556. The van der Waals surface area contributed by atoms with Crippen molar-refractivity contribution in [1.82, 2.24) is 20.1 Å². The Morgan fingerprint density at radius 3 is 3.22 bits per heavy atom. The summed E-state index contributed by atoms with van der Waals surface area (Å²) in [6.45, 7) is 1.96. The summed E-state index contributed by atoms with van der Waals surface area (Å²) in [5, 5.41) is 12.3. The van der Waals surface area contributed by atoms with Crippen molar-refractivity contribution in [2.45, 2.75) is 19.1 Å². The van der Waals surface area contributed by atoms with E-state index in [0.717, 1.165) is 24.0 Å². The SMILES string of the molecule is F[C@@H]1CNCC[C@@H]1Cn1ccc2cc(Cl)nnc21. The Labute approximate surface area is 109 Å². The van der Waals surface area contributed by atoms with Gasteiger partial charge >= 0.3 is 0 Å². The maximum atomic E-state index is 13.8. The van der Waals surface area contributed by atoms with Crippen molar-refractivity contribution in [2.75, 3.05) is 13.1 Å². The van der Waals surface area contributed by atoms with E-state index in [1.165, 1.54) is 0 Å². The first kappa shape index (κ1) is 11.9. The number of fused-ring (bicyclic) bond motifs is 1. The first-order chi connectivity index (χ1) is 8.74. The molecular formula is C12H14ClFN4. The molecule has 2 aromatic rings. The van der Waals surface area contributed by atoms with Gasteiger partial charge in [0.1, 0.15) is 6.17 Å². The molecule has 1 fully saturated rings. The largest absolute Gasteiger partial charge is 0.331 e. The smallest absolute Gasteiger partial charge is 0.162 e. The number of alkyl halides is 1. The Morgan fingerprint density at radius 1 is 1.50 bits per heavy atom. The van der Waals surface area contributed by atoms with Crippen LogP contribution in [0.3, 0.4) is 0 Å². The minimum Gasteiger partial charge on any atom is -0.331 e. The van der Waals surface area contributed by atoms with Crippen LogP contribution in [0, 0.1) is 5.92 Å². The number of piperidine rings is 1. The van der Waals surface area contributed by atoms with Crippen LogP contribution in [-0.4, -0.2) is 34.0 Å². The predicted octanol–water partition coefficient (Wildman–Crippen LogP) is 2.03. The van der Waals surface area contributed by atoms with Gasteiger partial charge in [0.25, 0.3) is 0 Å². The van der Waals surface area contributed by atoms with Gasteiger partial charge < -0.3 is 9.88 Å². The second kappa shape index (κ2) is 4.82. The van der Waals surface area contributed by atoms with Gasteiger partial charge in [-0.15, -0.1) is 10.2 Å². The zero-order valence-electron chi connectivity index (χ0n) is 9.81. The number of aromatic nitrogens is 3.